The van der Waals surface area contributed by atoms with Gasteiger partial charge in [-0.3, -0.25) is 14.5 Å². The van der Waals surface area contributed by atoms with Crippen molar-refractivity contribution in [3.63, 3.8) is 0 Å². The van der Waals surface area contributed by atoms with Crippen molar-refractivity contribution in [2.24, 2.45) is 7.05 Å². The lowest BCUT2D eigenvalue weighted by Gasteiger charge is -2.28. The van der Waals surface area contributed by atoms with Gasteiger partial charge in [-0.05, 0) is 47.9 Å². The first kappa shape index (κ1) is 23.1. The Labute approximate surface area is 204 Å². The minimum atomic E-state index is -0.511. The number of fused-ring (bicyclic) bond motifs is 1. The van der Waals surface area contributed by atoms with Gasteiger partial charge in [0.05, 0.1) is 36.7 Å². The molecule has 2 atom stereocenters. The Morgan fingerprint density at radius 2 is 1.94 bits per heavy atom. The van der Waals surface area contributed by atoms with Gasteiger partial charge in [0.25, 0.3) is 5.91 Å². The van der Waals surface area contributed by atoms with Crippen LogP contribution < -0.4 is 10.1 Å². The average molecular weight is 471 g/mol. The lowest BCUT2D eigenvalue weighted by molar-refractivity contribution is 0.0715. The van der Waals surface area contributed by atoms with Crippen molar-refractivity contribution in [3.05, 3.63) is 77.7 Å². The molecular weight excluding hydrogens is 440 g/mol. The summed E-state index contributed by atoms with van der Waals surface area (Å²) in [6, 6.07) is 13.7. The summed E-state index contributed by atoms with van der Waals surface area (Å²) in [6.07, 6.45) is 9.21. The molecule has 1 aliphatic carbocycles. The molecular formula is C28H30N4O3. The van der Waals surface area contributed by atoms with E-state index in [0.29, 0.717) is 24.2 Å². The maximum absolute atomic E-state index is 13.4. The van der Waals surface area contributed by atoms with Gasteiger partial charge in [0, 0.05) is 30.4 Å². The Balaban J connectivity index is 1.48. The van der Waals surface area contributed by atoms with Crippen LogP contribution in [0.15, 0.2) is 61.1 Å². The number of aryl methyl sites for hydroxylation is 1. The molecule has 5 rings (SSSR count). The van der Waals surface area contributed by atoms with Crippen molar-refractivity contribution >= 4 is 16.7 Å². The van der Waals surface area contributed by atoms with Crippen LogP contribution >= 0.6 is 0 Å². The van der Waals surface area contributed by atoms with E-state index < -0.39 is 6.10 Å². The monoisotopic (exact) mass is 470 g/mol. The molecule has 0 saturated heterocycles. The number of hydrogen-bond donors (Lipinski definition) is 2. The van der Waals surface area contributed by atoms with Crippen LogP contribution in [0.25, 0.3) is 22.0 Å². The number of carbonyl (C=O) groups excluding carboxylic acids is 1. The predicted molar refractivity (Wildman–Crippen MR) is 135 cm³/mol. The zero-order valence-electron chi connectivity index (χ0n) is 20.1. The summed E-state index contributed by atoms with van der Waals surface area (Å²) in [4.78, 5) is 18.0. The number of amides is 1. The average Bonchev–Trinajstić information content (AvgIpc) is 3.32. The van der Waals surface area contributed by atoms with Gasteiger partial charge in [-0.1, -0.05) is 43.2 Å². The third-order valence-electron chi connectivity index (χ3n) is 6.80. The maximum Gasteiger partial charge on any atom is 0.255 e. The lowest BCUT2D eigenvalue weighted by Crippen LogP contribution is -2.45. The molecule has 180 valence electrons. The summed E-state index contributed by atoms with van der Waals surface area (Å²) in [6.45, 7) is 0. The minimum absolute atomic E-state index is 0.218. The Kier molecular flexibility index (Phi) is 6.51. The summed E-state index contributed by atoms with van der Waals surface area (Å²) < 4.78 is 7.48. The van der Waals surface area contributed by atoms with E-state index in [1.165, 1.54) is 0 Å². The quantitative estimate of drug-likeness (QED) is 0.439. The summed E-state index contributed by atoms with van der Waals surface area (Å²) in [5.41, 5.74) is 4.39. The Morgan fingerprint density at radius 1 is 1.14 bits per heavy atom. The zero-order chi connectivity index (χ0) is 24.4. The van der Waals surface area contributed by atoms with Gasteiger partial charge in [0.15, 0.2) is 0 Å². The molecule has 2 aromatic heterocycles. The van der Waals surface area contributed by atoms with Crippen LogP contribution in [0.3, 0.4) is 0 Å². The number of methoxy groups -OCH3 is 1. The molecule has 1 fully saturated rings. The number of rotatable bonds is 6. The van der Waals surface area contributed by atoms with E-state index >= 15 is 0 Å². The fourth-order valence-corrected chi connectivity index (χ4v) is 4.96. The van der Waals surface area contributed by atoms with Crippen LogP contribution in [0.4, 0.5) is 0 Å². The second-order valence-electron chi connectivity index (χ2n) is 9.22. The standard InChI is InChI=1S/C28H30N4O3/c1-32-17-20(16-30-32)24-12-11-18(15-29-24)13-19-14-23(27(35-2)22-8-4-3-7-21(19)22)28(34)31-25-9-5-6-10-26(25)33/h3-4,7-8,11-12,14-17,25-26,33H,5-6,9-10,13H2,1-2H3,(H,31,34)/t25?,26-/m0/s1. The number of pyridine rings is 1. The smallest absolute Gasteiger partial charge is 0.255 e. The van der Waals surface area contributed by atoms with Gasteiger partial charge in [-0.25, -0.2) is 0 Å². The molecule has 1 unspecified atom stereocenters. The molecule has 1 aliphatic rings. The number of aromatic nitrogens is 3. The highest BCUT2D eigenvalue weighted by atomic mass is 16.5. The molecule has 0 spiro atoms. The van der Waals surface area contributed by atoms with E-state index in [1.807, 2.05) is 49.8 Å². The summed E-state index contributed by atoms with van der Waals surface area (Å²) in [7, 11) is 3.48. The van der Waals surface area contributed by atoms with Crippen molar-refractivity contribution in [2.75, 3.05) is 7.11 Å². The maximum atomic E-state index is 13.4. The number of nitrogens with zero attached hydrogens (tertiary/aromatic N) is 3. The van der Waals surface area contributed by atoms with E-state index in [9.17, 15) is 9.90 Å². The number of aliphatic hydroxyl groups excluding tert-OH is 1. The highest BCUT2D eigenvalue weighted by Crippen LogP contribution is 2.34. The van der Waals surface area contributed by atoms with Gasteiger partial charge in [-0.15, -0.1) is 0 Å². The molecule has 0 aliphatic heterocycles. The summed E-state index contributed by atoms with van der Waals surface area (Å²) >= 11 is 0. The van der Waals surface area contributed by atoms with Crippen molar-refractivity contribution in [2.45, 2.75) is 44.2 Å². The highest BCUT2D eigenvalue weighted by molar-refractivity contribution is 6.05. The van der Waals surface area contributed by atoms with Gasteiger partial charge in [-0.2, -0.15) is 5.10 Å². The SMILES string of the molecule is COc1c(C(=O)NC2CCCC[C@@H]2O)cc(Cc2ccc(-c3cnn(C)c3)nc2)c2ccccc12. The first-order valence-corrected chi connectivity index (χ1v) is 12.0. The number of aliphatic hydroxyl groups is 1. The van der Waals surface area contributed by atoms with E-state index in [2.05, 4.69) is 27.5 Å². The van der Waals surface area contributed by atoms with E-state index in [1.54, 1.807) is 18.0 Å². The molecule has 2 heterocycles. The normalized spacial score (nSPS) is 17.9. The number of carbonyl (C=O) groups is 1. The van der Waals surface area contributed by atoms with E-state index in [4.69, 9.17) is 4.74 Å². The van der Waals surface area contributed by atoms with E-state index in [0.717, 1.165) is 52.4 Å². The van der Waals surface area contributed by atoms with Gasteiger partial charge in [0.2, 0.25) is 0 Å². The van der Waals surface area contributed by atoms with Crippen LogP contribution in [0, 0.1) is 0 Å². The molecule has 7 heteroatoms. The second kappa shape index (κ2) is 9.88. The molecule has 2 N–H and O–H groups in total. The third kappa shape index (κ3) is 4.77. The fourth-order valence-electron chi connectivity index (χ4n) is 4.96. The lowest BCUT2D eigenvalue weighted by atomic mass is 9.91. The molecule has 0 bridgehead atoms. The molecule has 1 amide bonds. The predicted octanol–water partition coefficient (Wildman–Crippen LogP) is 4.27. The topological polar surface area (TPSA) is 89.3 Å². The fraction of sp³-hybridized carbons (Fsp3) is 0.321. The van der Waals surface area contributed by atoms with Crippen LogP contribution in [0.2, 0.25) is 0 Å². The van der Waals surface area contributed by atoms with Gasteiger partial charge >= 0.3 is 0 Å². The molecule has 0 radical (unpaired) electrons. The van der Waals surface area contributed by atoms with Crippen LogP contribution in [-0.2, 0) is 13.5 Å². The Bertz CT molecular complexity index is 1350. The van der Waals surface area contributed by atoms with Crippen molar-refractivity contribution in [1.82, 2.24) is 20.1 Å². The summed E-state index contributed by atoms with van der Waals surface area (Å²) in [5, 5.41) is 19.6. The molecule has 1 saturated carbocycles. The Morgan fingerprint density at radius 3 is 2.63 bits per heavy atom. The number of hydrogen-bond acceptors (Lipinski definition) is 5. The van der Waals surface area contributed by atoms with Gasteiger partial charge < -0.3 is 15.2 Å². The highest BCUT2D eigenvalue weighted by Gasteiger charge is 2.27. The van der Waals surface area contributed by atoms with Crippen LogP contribution in [-0.4, -0.2) is 45.0 Å². The molecule has 7 nitrogen and oxygen atoms in total. The van der Waals surface area contributed by atoms with Crippen molar-refractivity contribution in [3.8, 4) is 17.0 Å². The first-order chi connectivity index (χ1) is 17.0. The molecule has 2 aromatic carbocycles. The second-order valence-corrected chi connectivity index (χ2v) is 9.22. The number of nitrogens with one attached hydrogen (secondary N) is 1. The van der Waals surface area contributed by atoms with Crippen LogP contribution in [0.5, 0.6) is 5.75 Å². The van der Waals surface area contributed by atoms with Crippen molar-refractivity contribution < 1.29 is 14.6 Å². The largest absolute Gasteiger partial charge is 0.495 e. The van der Waals surface area contributed by atoms with Crippen molar-refractivity contribution in [1.29, 1.82) is 0 Å². The van der Waals surface area contributed by atoms with Crippen LogP contribution in [0.1, 0.15) is 47.2 Å². The minimum Gasteiger partial charge on any atom is -0.495 e. The Hall–Kier alpha value is -3.71. The van der Waals surface area contributed by atoms with Gasteiger partial charge in [0.1, 0.15) is 5.75 Å². The number of benzene rings is 2. The third-order valence-corrected chi connectivity index (χ3v) is 6.80. The molecule has 35 heavy (non-hydrogen) atoms. The number of ether oxygens (including phenoxy) is 1. The summed E-state index contributed by atoms with van der Waals surface area (Å²) in [5.74, 6) is 0.335. The van der Waals surface area contributed by atoms with E-state index in [-0.39, 0.29) is 11.9 Å². The first-order valence-electron chi connectivity index (χ1n) is 12.0. The molecule has 4 aromatic rings. The zero-order valence-corrected chi connectivity index (χ0v) is 20.1.